The second-order valence-corrected chi connectivity index (χ2v) is 19.5. The van der Waals surface area contributed by atoms with Crippen LogP contribution in [0.1, 0.15) is 290 Å². The van der Waals surface area contributed by atoms with E-state index in [1.165, 1.54) is 161 Å². The molecule has 1 atom stereocenters. The van der Waals surface area contributed by atoms with E-state index in [1.807, 2.05) is 0 Å². The first-order chi connectivity index (χ1) is 34.0. The van der Waals surface area contributed by atoms with E-state index >= 15 is 0 Å². The molecule has 398 valence electrons. The van der Waals surface area contributed by atoms with Crippen LogP contribution in [-0.4, -0.2) is 37.2 Å². The van der Waals surface area contributed by atoms with Crippen LogP contribution >= 0.6 is 0 Å². The number of carbonyl (C=O) groups excluding carboxylic acids is 3. The van der Waals surface area contributed by atoms with E-state index in [0.29, 0.717) is 19.3 Å². The van der Waals surface area contributed by atoms with E-state index in [0.717, 1.165) is 89.9 Å². The molecule has 69 heavy (non-hydrogen) atoms. The van der Waals surface area contributed by atoms with E-state index in [-0.39, 0.29) is 31.1 Å². The Kier molecular flexibility index (Phi) is 54.8. The van der Waals surface area contributed by atoms with E-state index in [4.69, 9.17) is 14.2 Å². The van der Waals surface area contributed by atoms with Crippen molar-refractivity contribution >= 4 is 17.9 Å². The SMILES string of the molecule is CC/C=C\C/C=C\C/C=C\C/C=C\CCCCCCCCCCCCC(=O)OCC(COC(=O)CCCCCCC/C=C\CCCC)OC(=O)CCCCCCCCC/C=C\CCCCCCCC. The van der Waals surface area contributed by atoms with Crippen molar-refractivity contribution in [1.29, 1.82) is 0 Å². The Hall–Kier alpha value is -3.15. The van der Waals surface area contributed by atoms with Crippen molar-refractivity contribution in [2.24, 2.45) is 0 Å². The number of ether oxygens (including phenoxy) is 3. The van der Waals surface area contributed by atoms with Crippen LogP contribution < -0.4 is 0 Å². The Morgan fingerprint density at radius 3 is 0.942 bits per heavy atom. The number of rotatable bonds is 53. The highest BCUT2D eigenvalue weighted by Gasteiger charge is 2.19. The molecule has 0 aliphatic heterocycles. The third-order valence-electron chi connectivity index (χ3n) is 12.7. The van der Waals surface area contributed by atoms with E-state index in [2.05, 4.69) is 93.7 Å². The van der Waals surface area contributed by atoms with Gasteiger partial charge in [-0.3, -0.25) is 14.4 Å². The molecule has 0 saturated heterocycles. The summed E-state index contributed by atoms with van der Waals surface area (Å²) in [4.78, 5) is 38.1. The molecule has 0 spiro atoms. The van der Waals surface area contributed by atoms with E-state index < -0.39 is 6.10 Å². The number of hydrogen-bond acceptors (Lipinski definition) is 6. The highest BCUT2D eigenvalue weighted by molar-refractivity contribution is 5.71. The molecule has 0 bridgehead atoms. The maximum atomic E-state index is 12.9. The molecule has 6 heteroatoms. The molecule has 0 aromatic heterocycles. The first kappa shape index (κ1) is 65.8. The van der Waals surface area contributed by atoms with E-state index in [1.54, 1.807) is 0 Å². The summed E-state index contributed by atoms with van der Waals surface area (Å²) in [5, 5.41) is 0. The summed E-state index contributed by atoms with van der Waals surface area (Å²) in [6.07, 6.45) is 73.2. The number of allylic oxidation sites excluding steroid dienone is 12. The van der Waals surface area contributed by atoms with Crippen LogP contribution in [0.25, 0.3) is 0 Å². The van der Waals surface area contributed by atoms with Gasteiger partial charge in [-0.15, -0.1) is 0 Å². The molecule has 0 fully saturated rings. The molecular formula is C63H110O6. The third kappa shape index (κ3) is 55.6. The monoisotopic (exact) mass is 963 g/mol. The average molecular weight is 964 g/mol. The molecular weight excluding hydrogens is 853 g/mol. The Labute approximate surface area is 427 Å². The van der Waals surface area contributed by atoms with Crippen molar-refractivity contribution in [3.63, 3.8) is 0 Å². The zero-order valence-corrected chi connectivity index (χ0v) is 45.6. The zero-order chi connectivity index (χ0) is 50.0. The smallest absolute Gasteiger partial charge is 0.306 e. The molecule has 0 heterocycles. The molecule has 0 saturated carbocycles. The number of esters is 3. The van der Waals surface area contributed by atoms with Gasteiger partial charge >= 0.3 is 17.9 Å². The molecule has 0 aliphatic rings. The minimum absolute atomic E-state index is 0.0809. The lowest BCUT2D eigenvalue weighted by molar-refractivity contribution is -0.167. The van der Waals surface area contributed by atoms with Gasteiger partial charge in [-0.05, 0) is 103 Å². The number of unbranched alkanes of at least 4 members (excludes halogenated alkanes) is 30. The quantitative estimate of drug-likeness (QED) is 0.0262. The first-order valence-electron chi connectivity index (χ1n) is 29.4. The molecule has 0 aromatic rings. The van der Waals surface area contributed by atoms with Gasteiger partial charge in [0.05, 0.1) is 0 Å². The maximum absolute atomic E-state index is 12.9. The summed E-state index contributed by atoms with van der Waals surface area (Å²) >= 11 is 0. The topological polar surface area (TPSA) is 78.9 Å². The lowest BCUT2D eigenvalue weighted by Crippen LogP contribution is -2.30. The van der Waals surface area contributed by atoms with Crippen LogP contribution in [0.3, 0.4) is 0 Å². The van der Waals surface area contributed by atoms with Crippen molar-refractivity contribution in [3.8, 4) is 0 Å². The highest BCUT2D eigenvalue weighted by Crippen LogP contribution is 2.15. The summed E-state index contributed by atoms with van der Waals surface area (Å²) in [5.74, 6) is -0.890. The summed E-state index contributed by atoms with van der Waals surface area (Å²) in [5.41, 5.74) is 0. The summed E-state index contributed by atoms with van der Waals surface area (Å²) in [6.45, 7) is 6.49. The molecule has 0 radical (unpaired) electrons. The van der Waals surface area contributed by atoms with Gasteiger partial charge in [0, 0.05) is 19.3 Å². The van der Waals surface area contributed by atoms with Gasteiger partial charge in [-0.25, -0.2) is 0 Å². The van der Waals surface area contributed by atoms with Crippen LogP contribution in [0.2, 0.25) is 0 Å². The largest absolute Gasteiger partial charge is 0.462 e. The maximum Gasteiger partial charge on any atom is 0.306 e. The average Bonchev–Trinajstić information content (AvgIpc) is 3.35. The fourth-order valence-corrected chi connectivity index (χ4v) is 8.23. The second kappa shape index (κ2) is 57.4. The normalized spacial score (nSPS) is 12.6. The molecule has 0 N–H and O–H groups in total. The zero-order valence-electron chi connectivity index (χ0n) is 45.6. The predicted octanol–water partition coefficient (Wildman–Crippen LogP) is 19.8. The van der Waals surface area contributed by atoms with Crippen LogP contribution in [-0.2, 0) is 28.6 Å². The number of hydrogen-bond donors (Lipinski definition) is 0. The molecule has 0 amide bonds. The first-order valence-corrected chi connectivity index (χ1v) is 29.4. The van der Waals surface area contributed by atoms with Gasteiger partial charge in [0.15, 0.2) is 6.10 Å². The Bertz CT molecular complexity index is 1290. The van der Waals surface area contributed by atoms with Gasteiger partial charge in [0.1, 0.15) is 13.2 Å². The van der Waals surface area contributed by atoms with Crippen molar-refractivity contribution < 1.29 is 28.6 Å². The summed E-state index contributed by atoms with van der Waals surface area (Å²) in [6, 6.07) is 0. The second-order valence-electron chi connectivity index (χ2n) is 19.5. The van der Waals surface area contributed by atoms with Crippen LogP contribution in [0.15, 0.2) is 72.9 Å². The lowest BCUT2D eigenvalue weighted by atomic mass is 10.1. The molecule has 0 aliphatic carbocycles. The van der Waals surface area contributed by atoms with Crippen LogP contribution in [0.5, 0.6) is 0 Å². The van der Waals surface area contributed by atoms with Crippen molar-refractivity contribution in [1.82, 2.24) is 0 Å². The molecule has 1 unspecified atom stereocenters. The molecule has 6 nitrogen and oxygen atoms in total. The summed E-state index contributed by atoms with van der Waals surface area (Å²) in [7, 11) is 0. The Morgan fingerprint density at radius 2 is 0.580 bits per heavy atom. The molecule has 0 rings (SSSR count). The van der Waals surface area contributed by atoms with Crippen LogP contribution in [0.4, 0.5) is 0 Å². The van der Waals surface area contributed by atoms with Gasteiger partial charge in [-0.2, -0.15) is 0 Å². The predicted molar refractivity (Wildman–Crippen MR) is 298 cm³/mol. The Morgan fingerprint density at radius 1 is 0.304 bits per heavy atom. The summed E-state index contributed by atoms with van der Waals surface area (Å²) < 4.78 is 16.9. The lowest BCUT2D eigenvalue weighted by Gasteiger charge is -2.18. The van der Waals surface area contributed by atoms with Gasteiger partial charge in [-0.1, -0.05) is 241 Å². The van der Waals surface area contributed by atoms with Crippen LogP contribution in [0, 0.1) is 0 Å². The minimum Gasteiger partial charge on any atom is -0.462 e. The van der Waals surface area contributed by atoms with Gasteiger partial charge in [0.25, 0.3) is 0 Å². The van der Waals surface area contributed by atoms with Crippen molar-refractivity contribution in [3.05, 3.63) is 72.9 Å². The molecule has 0 aromatic carbocycles. The van der Waals surface area contributed by atoms with E-state index in [9.17, 15) is 14.4 Å². The fourth-order valence-electron chi connectivity index (χ4n) is 8.23. The van der Waals surface area contributed by atoms with Gasteiger partial charge in [0.2, 0.25) is 0 Å². The highest BCUT2D eigenvalue weighted by atomic mass is 16.6. The van der Waals surface area contributed by atoms with Crippen molar-refractivity contribution in [2.75, 3.05) is 13.2 Å². The van der Waals surface area contributed by atoms with Crippen molar-refractivity contribution in [2.45, 2.75) is 297 Å². The minimum atomic E-state index is -0.782. The Balaban J connectivity index is 4.30. The third-order valence-corrected chi connectivity index (χ3v) is 12.7. The fraction of sp³-hybridized carbons (Fsp3) is 0.762. The number of carbonyl (C=O) groups is 3. The standard InChI is InChI=1S/C63H110O6/c1-4-7-10-13-16-19-22-24-26-28-29-30-31-32-33-35-36-38-41-44-47-50-53-56-62(65)68-59-60(58-67-61(64)55-52-49-46-43-40-21-18-15-12-9-6-3)69-63(66)57-54-51-48-45-42-39-37-34-27-25-23-20-17-14-11-8-5-2/h7,10,15-16,18-19,24-27,29-30,60H,4-6,8-9,11-14,17,20-23,28,31-59H2,1-3H3/b10-7-,18-15-,19-16-,26-24-,27-25-,30-29-. The van der Waals surface area contributed by atoms with Gasteiger partial charge < -0.3 is 14.2 Å².